The van der Waals surface area contributed by atoms with Gasteiger partial charge in [-0.2, -0.15) is 0 Å². The molecule has 16 heavy (non-hydrogen) atoms. The zero-order chi connectivity index (χ0) is 11.0. The Balaban J connectivity index is 1.90. The van der Waals surface area contributed by atoms with Gasteiger partial charge in [0.1, 0.15) is 6.29 Å². The molecule has 0 N–H and O–H groups in total. The molecule has 0 amide bonds. The molecule has 3 heteroatoms. The summed E-state index contributed by atoms with van der Waals surface area (Å²) in [5.41, 5.74) is 0.634. The predicted octanol–water partition coefficient (Wildman–Crippen LogP) is 2.93. The van der Waals surface area contributed by atoms with Crippen molar-refractivity contribution in [1.82, 2.24) is 0 Å². The summed E-state index contributed by atoms with van der Waals surface area (Å²) in [6, 6.07) is 5.34. The van der Waals surface area contributed by atoms with Crippen LogP contribution in [0.5, 0.6) is 11.5 Å². The monoisotopic (exact) mass is 218 g/mol. The highest BCUT2D eigenvalue weighted by Gasteiger charge is 2.42. The highest BCUT2D eigenvalue weighted by Crippen LogP contribution is 2.45. The van der Waals surface area contributed by atoms with E-state index < -0.39 is 5.79 Å². The normalized spacial score (nSPS) is 21.0. The first-order chi connectivity index (χ1) is 7.81. The van der Waals surface area contributed by atoms with Crippen molar-refractivity contribution in [2.75, 3.05) is 0 Å². The van der Waals surface area contributed by atoms with Crippen LogP contribution in [0.25, 0.3) is 0 Å². The third kappa shape index (κ3) is 1.47. The van der Waals surface area contributed by atoms with Gasteiger partial charge in [0, 0.05) is 18.4 Å². The van der Waals surface area contributed by atoms with Crippen molar-refractivity contribution in [2.45, 2.75) is 37.9 Å². The molecule has 0 aromatic heterocycles. The molecular weight excluding hydrogens is 204 g/mol. The van der Waals surface area contributed by atoms with Crippen molar-refractivity contribution in [2.24, 2.45) is 0 Å². The number of rotatable bonds is 1. The van der Waals surface area contributed by atoms with Gasteiger partial charge in [0.05, 0.1) is 0 Å². The van der Waals surface area contributed by atoms with E-state index in [0.717, 1.165) is 37.7 Å². The quantitative estimate of drug-likeness (QED) is 0.680. The summed E-state index contributed by atoms with van der Waals surface area (Å²) in [4.78, 5) is 10.7. The molecule has 1 heterocycles. The molecule has 0 bridgehead atoms. The van der Waals surface area contributed by atoms with Crippen LogP contribution in [0.2, 0.25) is 0 Å². The van der Waals surface area contributed by atoms with Crippen LogP contribution in [-0.4, -0.2) is 12.1 Å². The largest absolute Gasteiger partial charge is 0.448 e. The molecule has 1 saturated carbocycles. The molecule has 1 aliphatic carbocycles. The Morgan fingerprint density at radius 3 is 2.56 bits per heavy atom. The van der Waals surface area contributed by atoms with Crippen LogP contribution in [0, 0.1) is 0 Å². The van der Waals surface area contributed by atoms with Gasteiger partial charge in [-0.3, -0.25) is 4.79 Å². The number of carbonyl (C=O) groups is 1. The maximum absolute atomic E-state index is 10.7. The number of ether oxygens (including phenoxy) is 2. The highest BCUT2D eigenvalue weighted by atomic mass is 16.7. The SMILES string of the molecule is O=Cc1ccc2c(c1)OC1(CCCCC1)O2. The topological polar surface area (TPSA) is 35.5 Å². The summed E-state index contributed by atoms with van der Waals surface area (Å²) in [6.45, 7) is 0. The van der Waals surface area contributed by atoms with Crippen molar-refractivity contribution in [3.05, 3.63) is 23.8 Å². The Morgan fingerprint density at radius 2 is 1.81 bits per heavy atom. The van der Waals surface area contributed by atoms with Crippen molar-refractivity contribution in [1.29, 1.82) is 0 Å². The number of fused-ring (bicyclic) bond motifs is 1. The fourth-order valence-corrected chi connectivity index (χ4v) is 2.48. The molecule has 84 valence electrons. The maximum Gasteiger partial charge on any atom is 0.251 e. The smallest absolute Gasteiger partial charge is 0.251 e. The first-order valence-corrected chi connectivity index (χ1v) is 5.79. The van der Waals surface area contributed by atoms with Crippen LogP contribution < -0.4 is 9.47 Å². The van der Waals surface area contributed by atoms with E-state index in [9.17, 15) is 4.79 Å². The molecule has 0 radical (unpaired) electrons. The molecule has 0 saturated heterocycles. The van der Waals surface area contributed by atoms with Crippen molar-refractivity contribution in [3.63, 3.8) is 0 Å². The maximum atomic E-state index is 10.7. The Labute approximate surface area is 94.4 Å². The first-order valence-electron chi connectivity index (χ1n) is 5.79. The zero-order valence-corrected chi connectivity index (χ0v) is 9.07. The molecule has 1 spiro atoms. The van der Waals surface area contributed by atoms with Gasteiger partial charge in [-0.15, -0.1) is 0 Å². The fraction of sp³-hybridized carbons (Fsp3) is 0.462. The molecule has 3 nitrogen and oxygen atoms in total. The Bertz CT molecular complexity index is 419. The molecule has 2 aliphatic rings. The summed E-state index contributed by atoms with van der Waals surface area (Å²) in [6.07, 6.45) is 6.26. The van der Waals surface area contributed by atoms with E-state index in [1.807, 2.05) is 6.07 Å². The van der Waals surface area contributed by atoms with Gasteiger partial charge in [0.25, 0.3) is 5.79 Å². The van der Waals surface area contributed by atoms with Gasteiger partial charge in [0.2, 0.25) is 0 Å². The Kier molecular flexibility index (Phi) is 2.13. The summed E-state index contributed by atoms with van der Waals surface area (Å²) < 4.78 is 11.8. The van der Waals surface area contributed by atoms with Crippen molar-refractivity contribution >= 4 is 6.29 Å². The van der Waals surface area contributed by atoms with Gasteiger partial charge in [0.15, 0.2) is 11.5 Å². The first kappa shape index (κ1) is 9.70. The molecule has 1 aromatic rings. The zero-order valence-electron chi connectivity index (χ0n) is 9.07. The van der Waals surface area contributed by atoms with Gasteiger partial charge < -0.3 is 9.47 Å². The van der Waals surface area contributed by atoms with E-state index in [0.29, 0.717) is 11.3 Å². The number of hydrogen-bond acceptors (Lipinski definition) is 3. The molecule has 1 fully saturated rings. The second-order valence-corrected chi connectivity index (χ2v) is 4.50. The van der Waals surface area contributed by atoms with Crippen LogP contribution >= 0.6 is 0 Å². The van der Waals surface area contributed by atoms with Crippen molar-refractivity contribution in [3.8, 4) is 11.5 Å². The van der Waals surface area contributed by atoms with Crippen LogP contribution in [0.4, 0.5) is 0 Å². The second-order valence-electron chi connectivity index (χ2n) is 4.50. The van der Waals surface area contributed by atoms with E-state index in [1.165, 1.54) is 6.42 Å². The van der Waals surface area contributed by atoms with Gasteiger partial charge in [-0.1, -0.05) is 6.42 Å². The van der Waals surface area contributed by atoms with Gasteiger partial charge >= 0.3 is 0 Å². The average molecular weight is 218 g/mol. The lowest BCUT2D eigenvalue weighted by molar-refractivity contribution is -0.105. The summed E-state index contributed by atoms with van der Waals surface area (Å²) in [5.74, 6) is 1.04. The lowest BCUT2D eigenvalue weighted by Crippen LogP contribution is -2.40. The molecule has 3 rings (SSSR count). The lowest BCUT2D eigenvalue weighted by atomic mass is 9.94. The Hall–Kier alpha value is -1.51. The van der Waals surface area contributed by atoms with E-state index in [4.69, 9.17) is 9.47 Å². The number of hydrogen-bond donors (Lipinski definition) is 0. The lowest BCUT2D eigenvalue weighted by Gasteiger charge is -2.31. The molecule has 1 aliphatic heterocycles. The minimum absolute atomic E-state index is 0.442. The molecule has 1 aromatic carbocycles. The van der Waals surface area contributed by atoms with E-state index >= 15 is 0 Å². The van der Waals surface area contributed by atoms with E-state index in [-0.39, 0.29) is 0 Å². The highest BCUT2D eigenvalue weighted by molar-refractivity contribution is 5.76. The number of benzene rings is 1. The second kappa shape index (κ2) is 3.51. The van der Waals surface area contributed by atoms with E-state index in [1.54, 1.807) is 12.1 Å². The minimum Gasteiger partial charge on any atom is -0.448 e. The summed E-state index contributed by atoms with van der Waals surface area (Å²) >= 11 is 0. The van der Waals surface area contributed by atoms with Gasteiger partial charge in [-0.05, 0) is 31.0 Å². The van der Waals surface area contributed by atoms with Gasteiger partial charge in [-0.25, -0.2) is 0 Å². The molecular formula is C13H14O3. The third-order valence-electron chi connectivity index (χ3n) is 3.31. The number of carbonyl (C=O) groups excluding carboxylic acids is 1. The Morgan fingerprint density at radius 1 is 1.06 bits per heavy atom. The standard InChI is InChI=1S/C13H14O3/c14-9-10-4-5-11-12(8-10)16-13(15-11)6-2-1-3-7-13/h4-5,8-9H,1-3,6-7H2. The third-order valence-corrected chi connectivity index (χ3v) is 3.31. The van der Waals surface area contributed by atoms with Crippen LogP contribution in [0.1, 0.15) is 42.5 Å². The van der Waals surface area contributed by atoms with Crippen LogP contribution in [0.15, 0.2) is 18.2 Å². The number of aldehydes is 1. The van der Waals surface area contributed by atoms with Crippen LogP contribution in [-0.2, 0) is 0 Å². The summed E-state index contributed by atoms with van der Waals surface area (Å²) in [7, 11) is 0. The molecule has 0 atom stereocenters. The predicted molar refractivity (Wildman–Crippen MR) is 58.9 cm³/mol. The van der Waals surface area contributed by atoms with E-state index in [2.05, 4.69) is 0 Å². The van der Waals surface area contributed by atoms with Crippen LogP contribution in [0.3, 0.4) is 0 Å². The fourth-order valence-electron chi connectivity index (χ4n) is 2.48. The minimum atomic E-state index is -0.442. The average Bonchev–Trinajstić information content (AvgIpc) is 2.66. The molecule has 0 unspecified atom stereocenters. The summed E-state index contributed by atoms with van der Waals surface area (Å²) in [5, 5.41) is 0. The van der Waals surface area contributed by atoms with Crippen molar-refractivity contribution < 1.29 is 14.3 Å².